The van der Waals surface area contributed by atoms with E-state index in [-0.39, 0.29) is 136 Å². The molecular weight excluding hydrogens is 991 g/mol. The Bertz CT molecular complexity index is 2250. The summed E-state index contributed by atoms with van der Waals surface area (Å²) in [5.41, 5.74) is 0. The van der Waals surface area contributed by atoms with Gasteiger partial charge < -0.3 is 14.5 Å². The van der Waals surface area contributed by atoms with Gasteiger partial charge in [0.05, 0.1) is 13.5 Å². The van der Waals surface area contributed by atoms with Crippen molar-refractivity contribution in [1.29, 1.82) is 0 Å². The van der Waals surface area contributed by atoms with E-state index in [1.807, 2.05) is 41.5 Å². The minimum atomic E-state index is -4.22. The minimum absolute atomic E-state index is 0. The fourth-order valence-corrected chi connectivity index (χ4v) is 10.2. The number of nitrogens with zero attached hydrogens (tertiary/aromatic N) is 5. The van der Waals surface area contributed by atoms with Gasteiger partial charge in [-0.1, -0.05) is 76.7 Å². The van der Waals surface area contributed by atoms with Crippen LogP contribution in [0.1, 0.15) is 134 Å². The van der Waals surface area contributed by atoms with Gasteiger partial charge in [0.25, 0.3) is 45.6 Å². The lowest BCUT2D eigenvalue weighted by molar-refractivity contribution is -0.198. The third-order valence-electron chi connectivity index (χ3n) is 11.9. The van der Waals surface area contributed by atoms with Gasteiger partial charge in [-0.05, 0) is 29.9 Å². The summed E-state index contributed by atoms with van der Waals surface area (Å²) in [6.45, 7) is 17.9. The van der Waals surface area contributed by atoms with Crippen molar-refractivity contribution in [3.05, 3.63) is 0 Å². The molecule has 5 fully saturated rings. The Morgan fingerprint density at radius 3 is 1.26 bits per heavy atom. The van der Waals surface area contributed by atoms with Crippen LogP contribution in [0.15, 0.2) is 0 Å². The summed E-state index contributed by atoms with van der Waals surface area (Å²) >= 11 is 1.50. The van der Waals surface area contributed by atoms with E-state index < -0.39 is 86.5 Å². The molecule has 10 amide bonds. The Morgan fingerprint density at radius 1 is 0.556 bits per heavy atom. The van der Waals surface area contributed by atoms with Gasteiger partial charge >= 0.3 is 17.9 Å². The Labute approximate surface area is 423 Å². The molecule has 0 bridgehead atoms. The van der Waals surface area contributed by atoms with E-state index >= 15 is 0 Å². The summed E-state index contributed by atoms with van der Waals surface area (Å²) in [6.07, 6.45) is 0.138. The monoisotopic (exact) mass is 1060 g/mol. The quantitative estimate of drug-likeness (QED) is 0.133. The summed E-state index contributed by atoms with van der Waals surface area (Å²) in [5.74, 6) is -9.43. The molecule has 0 N–H and O–H groups in total. The number of carbonyl (C=O) groups excluding carboxylic acids is 13. The van der Waals surface area contributed by atoms with E-state index in [0.717, 1.165) is 12.0 Å². The highest BCUT2D eigenvalue weighted by Crippen LogP contribution is 2.29. The summed E-state index contributed by atoms with van der Waals surface area (Å²) in [4.78, 5) is 170. The maximum absolute atomic E-state index is 12.3. The Balaban J connectivity index is 0.000000368. The number of imide groups is 5. The number of thioether (sulfide) groups is 1. The van der Waals surface area contributed by atoms with Crippen molar-refractivity contribution in [3.63, 3.8) is 0 Å². The van der Waals surface area contributed by atoms with E-state index in [9.17, 15) is 70.7 Å². The van der Waals surface area contributed by atoms with Crippen LogP contribution in [0.4, 0.5) is 0 Å². The zero-order chi connectivity index (χ0) is 54.0. The molecule has 7 atom stereocenters. The molecule has 5 heterocycles. The topological polar surface area (TPSA) is 309 Å². The standard InChI is InChI=1S/C16H22N2O6.C15H20N2O6.C14H23NO7S2.CH4/c1-9(2)11-8-12(19)17(16(11)23)6-4-5-14(21)24-18-13(20)7-10(3)15(18)22;1-8(2)10-7-11(18)16(15(10)22)5-4-13(20)23-17-12(19)6-9(3)14(17)21;1-8(2)23-10(4)7-11(24(19,20)21-5)14(18)22-15-12(16)6-9(3)13(15)17;/h9-11H,4-8H2,1-3H3;8-10H,4-7H2,1-3H3;8-11H,6-7H2,1-5H3;1H4. The molecule has 0 aliphatic carbocycles. The van der Waals surface area contributed by atoms with Gasteiger partial charge in [-0.15, -0.1) is 15.2 Å². The SMILES string of the molecule is C.CC1CC(=O)N(OC(=O)CCCN2C(=O)CC(C(C)C)C2=O)C1=O.CC1CC(=O)N(OC(=O)CCN2C(=O)CC(C(C)C)C2=O)C1=O.COS(=O)(=O)C(CC(C)SC(C)C)C(=O)ON1C(=O)CC(C)C1=O. The number of hydrogen-bond acceptors (Lipinski definition) is 20. The molecule has 26 heteroatoms. The molecule has 5 saturated heterocycles. The first kappa shape index (κ1) is 62.5. The van der Waals surface area contributed by atoms with E-state index in [2.05, 4.69) is 4.18 Å². The van der Waals surface area contributed by atoms with Crippen LogP contribution in [0.5, 0.6) is 0 Å². The lowest BCUT2D eigenvalue weighted by Crippen LogP contribution is -2.41. The lowest BCUT2D eigenvalue weighted by atomic mass is 9.94. The number of amides is 10. The molecular formula is C46H69N5O19S2. The maximum atomic E-state index is 12.3. The van der Waals surface area contributed by atoms with Crippen LogP contribution in [-0.4, -0.2) is 146 Å². The fraction of sp³-hybridized carbons (Fsp3) is 0.717. The fourth-order valence-electron chi connectivity index (χ4n) is 7.78. The predicted octanol–water partition coefficient (Wildman–Crippen LogP) is 2.65. The second-order valence-electron chi connectivity index (χ2n) is 18.8. The summed E-state index contributed by atoms with van der Waals surface area (Å²) in [6, 6.07) is 0. The Kier molecular flexibility index (Phi) is 23.3. The first-order valence-electron chi connectivity index (χ1n) is 23.3. The van der Waals surface area contributed by atoms with Gasteiger partial charge in [-0.3, -0.25) is 61.9 Å². The van der Waals surface area contributed by atoms with Crippen LogP contribution >= 0.6 is 11.8 Å². The molecule has 5 aliphatic heterocycles. The normalized spacial score (nSPS) is 23.2. The molecule has 0 aromatic carbocycles. The molecule has 72 heavy (non-hydrogen) atoms. The van der Waals surface area contributed by atoms with Gasteiger partial charge in [-0.25, -0.2) is 14.4 Å². The van der Waals surface area contributed by atoms with Crippen molar-refractivity contribution >= 4 is 98.9 Å². The van der Waals surface area contributed by atoms with Gasteiger partial charge in [0.15, 0.2) is 5.25 Å². The minimum Gasteiger partial charge on any atom is -0.330 e. The van der Waals surface area contributed by atoms with Crippen LogP contribution in [0.2, 0.25) is 0 Å². The van der Waals surface area contributed by atoms with Crippen molar-refractivity contribution in [2.75, 3.05) is 20.2 Å². The van der Waals surface area contributed by atoms with Crippen molar-refractivity contribution in [1.82, 2.24) is 25.0 Å². The first-order valence-corrected chi connectivity index (χ1v) is 25.7. The van der Waals surface area contributed by atoms with Crippen molar-refractivity contribution in [2.24, 2.45) is 41.4 Å². The van der Waals surface area contributed by atoms with Crippen LogP contribution in [-0.2, 0) is 91.1 Å². The third-order valence-corrected chi connectivity index (χ3v) is 14.7. The van der Waals surface area contributed by atoms with Crippen molar-refractivity contribution in [2.45, 2.75) is 150 Å². The Morgan fingerprint density at radius 2 is 0.931 bits per heavy atom. The highest BCUT2D eigenvalue weighted by Gasteiger charge is 2.45. The van der Waals surface area contributed by atoms with Crippen molar-refractivity contribution in [3.8, 4) is 0 Å². The smallest absolute Gasteiger partial charge is 0.330 e. The zero-order valence-electron chi connectivity index (χ0n) is 41.9. The number of carbonyl (C=O) groups is 13. The molecule has 24 nitrogen and oxygen atoms in total. The van der Waals surface area contributed by atoms with Crippen LogP contribution < -0.4 is 0 Å². The molecule has 0 spiro atoms. The van der Waals surface area contributed by atoms with E-state index in [1.165, 1.54) is 23.6 Å². The zero-order valence-corrected chi connectivity index (χ0v) is 43.5. The van der Waals surface area contributed by atoms with Gasteiger partial charge in [0, 0.05) is 86.5 Å². The molecule has 7 unspecified atom stereocenters. The second kappa shape index (κ2) is 26.9. The van der Waals surface area contributed by atoms with Gasteiger partial charge in [-0.2, -0.15) is 20.2 Å². The first-order chi connectivity index (χ1) is 32.9. The predicted molar refractivity (Wildman–Crippen MR) is 252 cm³/mol. The molecule has 0 aromatic rings. The van der Waals surface area contributed by atoms with Crippen LogP contribution in [0, 0.1) is 41.4 Å². The maximum Gasteiger partial charge on any atom is 0.353 e. The largest absolute Gasteiger partial charge is 0.353 e. The molecule has 0 radical (unpaired) electrons. The molecule has 404 valence electrons. The number of rotatable bonds is 19. The third kappa shape index (κ3) is 16.2. The summed E-state index contributed by atoms with van der Waals surface area (Å²) in [7, 11) is -3.27. The second-order valence-corrected chi connectivity index (χ2v) is 22.7. The van der Waals surface area contributed by atoms with Gasteiger partial charge in [0.1, 0.15) is 0 Å². The molecule has 0 aromatic heterocycles. The summed E-state index contributed by atoms with van der Waals surface area (Å²) in [5, 5.41) is -0.210. The van der Waals surface area contributed by atoms with Gasteiger partial charge in [0.2, 0.25) is 23.6 Å². The van der Waals surface area contributed by atoms with Crippen LogP contribution in [0.3, 0.4) is 0 Å². The van der Waals surface area contributed by atoms with Crippen molar-refractivity contribution < 1.29 is 89.4 Å². The molecule has 5 rings (SSSR count). The number of hydroxylamine groups is 6. The van der Waals surface area contributed by atoms with Crippen LogP contribution in [0.25, 0.3) is 0 Å². The average Bonchev–Trinajstić information content (AvgIpc) is 3.97. The van der Waals surface area contributed by atoms with E-state index in [4.69, 9.17) is 14.5 Å². The highest BCUT2D eigenvalue weighted by atomic mass is 32.2. The lowest BCUT2D eigenvalue weighted by Gasteiger charge is -2.21. The van der Waals surface area contributed by atoms with E-state index in [0.29, 0.717) is 15.2 Å². The number of hydrogen-bond donors (Lipinski definition) is 0. The number of likely N-dealkylation sites (tertiary alicyclic amines) is 2. The Hall–Kier alpha value is -5.63. The average molecular weight is 1060 g/mol. The molecule has 5 aliphatic rings. The van der Waals surface area contributed by atoms with E-state index in [1.54, 1.807) is 20.8 Å². The summed E-state index contributed by atoms with van der Waals surface area (Å²) < 4.78 is 28.5. The molecule has 0 saturated carbocycles. The highest BCUT2D eigenvalue weighted by molar-refractivity contribution is 8.00.